The standard InChI is InChI=1S/C7H8O2/c8-4-5-3-6-1-2-7(5)9-6/h1-2,4-7H,3H2/t5?,6?,7-/m1/s1. The Morgan fingerprint density at radius 1 is 1.56 bits per heavy atom. The molecule has 0 saturated carbocycles. The second kappa shape index (κ2) is 1.67. The van der Waals surface area contributed by atoms with Crippen LogP contribution in [0.3, 0.4) is 0 Å². The van der Waals surface area contributed by atoms with Crippen molar-refractivity contribution in [2.75, 3.05) is 0 Å². The number of rotatable bonds is 1. The van der Waals surface area contributed by atoms with E-state index in [4.69, 9.17) is 4.74 Å². The zero-order valence-corrected chi connectivity index (χ0v) is 4.99. The summed E-state index contributed by atoms with van der Waals surface area (Å²) in [6.07, 6.45) is 6.24. The molecular weight excluding hydrogens is 116 g/mol. The minimum absolute atomic E-state index is 0.104. The molecule has 0 spiro atoms. The largest absolute Gasteiger partial charge is 0.366 e. The van der Waals surface area contributed by atoms with Crippen molar-refractivity contribution in [2.45, 2.75) is 18.6 Å². The topological polar surface area (TPSA) is 26.3 Å². The van der Waals surface area contributed by atoms with E-state index < -0.39 is 0 Å². The Labute approximate surface area is 53.5 Å². The van der Waals surface area contributed by atoms with E-state index in [1.54, 1.807) is 0 Å². The van der Waals surface area contributed by atoms with Crippen molar-refractivity contribution in [2.24, 2.45) is 5.92 Å². The first-order valence-electron chi connectivity index (χ1n) is 3.19. The molecule has 1 fully saturated rings. The van der Waals surface area contributed by atoms with E-state index in [1.807, 2.05) is 12.2 Å². The fourth-order valence-electron chi connectivity index (χ4n) is 1.44. The number of hydrogen-bond acceptors (Lipinski definition) is 2. The Bertz CT molecular complexity index is 162. The maximum absolute atomic E-state index is 10.3. The van der Waals surface area contributed by atoms with Gasteiger partial charge >= 0.3 is 0 Å². The third-order valence-corrected chi connectivity index (χ3v) is 1.95. The molecule has 2 heteroatoms. The van der Waals surface area contributed by atoms with Crippen LogP contribution < -0.4 is 0 Å². The summed E-state index contributed by atoms with van der Waals surface area (Å²) in [6.45, 7) is 0. The van der Waals surface area contributed by atoms with E-state index in [0.717, 1.165) is 12.7 Å². The molecular formula is C7H8O2. The monoisotopic (exact) mass is 124 g/mol. The highest BCUT2D eigenvalue weighted by Crippen LogP contribution is 2.31. The van der Waals surface area contributed by atoms with Crippen molar-refractivity contribution in [1.82, 2.24) is 0 Å². The van der Waals surface area contributed by atoms with Crippen LogP contribution in [-0.2, 0) is 9.53 Å². The molecule has 0 amide bonds. The van der Waals surface area contributed by atoms with E-state index in [2.05, 4.69) is 0 Å². The van der Waals surface area contributed by atoms with Crippen molar-refractivity contribution >= 4 is 6.29 Å². The van der Waals surface area contributed by atoms with Gasteiger partial charge in [-0.25, -0.2) is 0 Å². The highest BCUT2D eigenvalue weighted by molar-refractivity contribution is 5.57. The minimum atomic E-state index is 0.104. The molecule has 48 valence electrons. The molecule has 2 rings (SSSR count). The van der Waals surface area contributed by atoms with E-state index >= 15 is 0 Å². The molecule has 1 saturated heterocycles. The molecule has 0 aromatic heterocycles. The molecule has 2 nitrogen and oxygen atoms in total. The van der Waals surface area contributed by atoms with Crippen LogP contribution in [0.2, 0.25) is 0 Å². The van der Waals surface area contributed by atoms with Gasteiger partial charge in [-0.1, -0.05) is 12.2 Å². The Morgan fingerprint density at radius 3 is 2.78 bits per heavy atom. The Morgan fingerprint density at radius 2 is 2.44 bits per heavy atom. The van der Waals surface area contributed by atoms with Gasteiger partial charge in [0.2, 0.25) is 0 Å². The minimum Gasteiger partial charge on any atom is -0.366 e. The summed E-state index contributed by atoms with van der Waals surface area (Å²) in [7, 11) is 0. The van der Waals surface area contributed by atoms with Crippen LogP contribution in [-0.4, -0.2) is 18.5 Å². The number of carbonyl (C=O) groups is 1. The van der Waals surface area contributed by atoms with E-state index in [0.29, 0.717) is 0 Å². The zero-order chi connectivity index (χ0) is 6.27. The zero-order valence-electron chi connectivity index (χ0n) is 4.99. The molecule has 9 heavy (non-hydrogen) atoms. The van der Waals surface area contributed by atoms with Crippen molar-refractivity contribution in [3.8, 4) is 0 Å². The van der Waals surface area contributed by atoms with Crippen molar-refractivity contribution in [1.29, 1.82) is 0 Å². The molecule has 0 aromatic rings. The van der Waals surface area contributed by atoms with Gasteiger partial charge in [0.05, 0.1) is 12.2 Å². The van der Waals surface area contributed by atoms with Crippen molar-refractivity contribution < 1.29 is 9.53 Å². The summed E-state index contributed by atoms with van der Waals surface area (Å²) in [4.78, 5) is 10.3. The van der Waals surface area contributed by atoms with Crippen LogP contribution in [0, 0.1) is 5.92 Å². The number of fused-ring (bicyclic) bond motifs is 2. The Kier molecular flexibility index (Phi) is 0.963. The first-order chi connectivity index (χ1) is 4.40. The first-order valence-corrected chi connectivity index (χ1v) is 3.19. The van der Waals surface area contributed by atoms with Crippen molar-refractivity contribution in [3.05, 3.63) is 12.2 Å². The van der Waals surface area contributed by atoms with Crippen molar-refractivity contribution in [3.63, 3.8) is 0 Å². The van der Waals surface area contributed by atoms with Crippen LogP contribution in [0.5, 0.6) is 0 Å². The lowest BCUT2D eigenvalue weighted by molar-refractivity contribution is -0.111. The molecule has 2 aliphatic heterocycles. The van der Waals surface area contributed by atoms with Gasteiger partial charge in [-0.05, 0) is 6.42 Å². The van der Waals surface area contributed by atoms with Gasteiger partial charge in [-0.3, -0.25) is 0 Å². The lowest BCUT2D eigenvalue weighted by atomic mass is 9.96. The molecule has 0 radical (unpaired) electrons. The fourth-order valence-corrected chi connectivity index (χ4v) is 1.44. The van der Waals surface area contributed by atoms with Crippen LogP contribution in [0.4, 0.5) is 0 Å². The Hall–Kier alpha value is -0.630. The normalized spacial score (nSPS) is 46.0. The second-order valence-corrected chi connectivity index (χ2v) is 2.56. The average Bonchev–Trinajstić information content (AvgIpc) is 2.45. The quantitative estimate of drug-likeness (QED) is 0.376. The van der Waals surface area contributed by atoms with E-state index in [-0.39, 0.29) is 18.1 Å². The molecule has 0 aromatic carbocycles. The van der Waals surface area contributed by atoms with Crippen LogP contribution in [0.15, 0.2) is 12.2 Å². The summed E-state index contributed by atoms with van der Waals surface area (Å²) < 4.78 is 5.33. The first kappa shape index (κ1) is 5.18. The predicted octanol–water partition coefficient (Wildman–Crippen LogP) is 0.529. The fraction of sp³-hybridized carbons (Fsp3) is 0.571. The highest BCUT2D eigenvalue weighted by atomic mass is 16.5. The molecule has 0 N–H and O–H groups in total. The van der Waals surface area contributed by atoms with Gasteiger partial charge in [-0.2, -0.15) is 0 Å². The summed E-state index contributed by atoms with van der Waals surface area (Å²) in [5, 5.41) is 0. The van der Waals surface area contributed by atoms with Gasteiger partial charge < -0.3 is 9.53 Å². The number of aldehydes is 1. The van der Waals surface area contributed by atoms with Crippen LogP contribution >= 0.6 is 0 Å². The van der Waals surface area contributed by atoms with Crippen LogP contribution in [0.25, 0.3) is 0 Å². The lowest BCUT2D eigenvalue weighted by Gasteiger charge is -2.04. The molecule has 2 unspecified atom stereocenters. The van der Waals surface area contributed by atoms with E-state index in [1.165, 1.54) is 0 Å². The second-order valence-electron chi connectivity index (χ2n) is 2.56. The van der Waals surface area contributed by atoms with Gasteiger partial charge in [0.25, 0.3) is 0 Å². The molecule has 0 aliphatic carbocycles. The summed E-state index contributed by atoms with van der Waals surface area (Å²) in [5.74, 6) is 0.139. The maximum atomic E-state index is 10.3. The van der Waals surface area contributed by atoms with Gasteiger partial charge in [0.1, 0.15) is 6.29 Å². The summed E-state index contributed by atoms with van der Waals surface area (Å²) >= 11 is 0. The van der Waals surface area contributed by atoms with Crippen LogP contribution in [0.1, 0.15) is 6.42 Å². The molecule has 2 bridgehead atoms. The maximum Gasteiger partial charge on any atom is 0.126 e. The summed E-state index contributed by atoms with van der Waals surface area (Å²) in [5.41, 5.74) is 0. The number of carbonyl (C=O) groups excluding carboxylic acids is 1. The average molecular weight is 124 g/mol. The Balaban J connectivity index is 2.19. The molecule has 3 atom stereocenters. The predicted molar refractivity (Wildman–Crippen MR) is 32.0 cm³/mol. The molecule has 2 heterocycles. The van der Waals surface area contributed by atoms with Gasteiger partial charge in [-0.15, -0.1) is 0 Å². The lowest BCUT2D eigenvalue weighted by Crippen LogP contribution is -2.13. The van der Waals surface area contributed by atoms with E-state index in [9.17, 15) is 4.79 Å². The summed E-state index contributed by atoms with van der Waals surface area (Å²) in [6, 6.07) is 0. The van der Waals surface area contributed by atoms with Gasteiger partial charge in [0, 0.05) is 5.92 Å². The third kappa shape index (κ3) is 0.630. The number of ether oxygens (including phenoxy) is 1. The SMILES string of the molecule is O=CC1CC2C=C[C@H]1O2. The van der Waals surface area contributed by atoms with Gasteiger partial charge in [0.15, 0.2) is 0 Å². The highest BCUT2D eigenvalue weighted by Gasteiger charge is 2.36. The smallest absolute Gasteiger partial charge is 0.126 e. The number of hydrogen-bond donors (Lipinski definition) is 0. The third-order valence-electron chi connectivity index (χ3n) is 1.95. The molecule has 2 aliphatic rings.